The zero-order chi connectivity index (χ0) is 19.6. The molecule has 0 bridgehead atoms. The van der Waals surface area contributed by atoms with Crippen LogP contribution in [0.25, 0.3) is 11.3 Å². The minimum Gasteiger partial charge on any atom is -0.354 e. The predicted molar refractivity (Wildman–Crippen MR) is 98.3 cm³/mol. The van der Waals surface area contributed by atoms with Gasteiger partial charge in [-0.15, -0.1) is 0 Å². The number of anilines is 1. The number of hydrogen-bond acceptors (Lipinski definition) is 5. The summed E-state index contributed by atoms with van der Waals surface area (Å²) in [5.41, 5.74) is 0.780. The van der Waals surface area contributed by atoms with Crippen LogP contribution in [-0.2, 0) is 10.0 Å². The second-order valence-corrected chi connectivity index (χ2v) is 8.38. The molecule has 1 fully saturated rings. The van der Waals surface area contributed by atoms with Crippen molar-refractivity contribution in [2.45, 2.75) is 13.3 Å². The van der Waals surface area contributed by atoms with Gasteiger partial charge < -0.3 is 9.42 Å². The standard InChI is InChI=1S/C17H21FN4O4S/c1-12-15(13-6-3-4-7-14(13)18)26-20-16(12)19-17(23)21-8-5-9-22(11-10-21)27(2,24)25/h3-4,6-7H,5,8-11H2,1-2H3,(H,19,20,23). The highest BCUT2D eigenvalue weighted by atomic mass is 32.2. The predicted octanol–water partition coefficient (Wildman–Crippen LogP) is 2.29. The van der Waals surface area contributed by atoms with Crippen molar-refractivity contribution >= 4 is 21.9 Å². The van der Waals surface area contributed by atoms with E-state index in [9.17, 15) is 17.6 Å². The van der Waals surface area contributed by atoms with Crippen molar-refractivity contribution in [2.75, 3.05) is 37.8 Å². The minimum atomic E-state index is -3.28. The number of nitrogens with zero attached hydrogens (tertiary/aromatic N) is 3. The van der Waals surface area contributed by atoms with Crippen molar-refractivity contribution in [1.82, 2.24) is 14.4 Å². The summed E-state index contributed by atoms with van der Waals surface area (Å²) < 4.78 is 43.9. The zero-order valence-electron chi connectivity index (χ0n) is 15.1. The second-order valence-electron chi connectivity index (χ2n) is 6.40. The van der Waals surface area contributed by atoms with Crippen LogP contribution in [0.4, 0.5) is 15.0 Å². The molecule has 8 nitrogen and oxygen atoms in total. The van der Waals surface area contributed by atoms with E-state index in [4.69, 9.17) is 4.52 Å². The number of hydrogen-bond donors (Lipinski definition) is 1. The lowest BCUT2D eigenvalue weighted by atomic mass is 10.1. The molecule has 1 aromatic carbocycles. The first-order valence-electron chi connectivity index (χ1n) is 8.49. The third-order valence-corrected chi connectivity index (χ3v) is 5.78. The Morgan fingerprint density at radius 3 is 2.67 bits per heavy atom. The number of nitrogens with one attached hydrogen (secondary N) is 1. The van der Waals surface area contributed by atoms with Gasteiger partial charge in [-0.2, -0.15) is 0 Å². The smallest absolute Gasteiger partial charge is 0.323 e. The van der Waals surface area contributed by atoms with Gasteiger partial charge in [0, 0.05) is 31.7 Å². The summed E-state index contributed by atoms with van der Waals surface area (Å²) in [5.74, 6) is 0.0213. The summed E-state index contributed by atoms with van der Waals surface area (Å²) in [6.45, 7) is 3.00. The molecular weight excluding hydrogens is 375 g/mol. The van der Waals surface area contributed by atoms with Crippen LogP contribution in [-0.4, -0.2) is 61.2 Å². The van der Waals surface area contributed by atoms with Crippen LogP contribution < -0.4 is 5.32 Å². The van der Waals surface area contributed by atoms with Crippen molar-refractivity contribution in [1.29, 1.82) is 0 Å². The molecule has 1 aromatic heterocycles. The highest BCUT2D eigenvalue weighted by molar-refractivity contribution is 7.88. The highest BCUT2D eigenvalue weighted by Crippen LogP contribution is 2.30. The number of urea groups is 1. The lowest BCUT2D eigenvalue weighted by Gasteiger charge is -2.20. The number of carbonyl (C=O) groups is 1. The number of halogens is 1. The van der Waals surface area contributed by atoms with Crippen LogP contribution in [0.3, 0.4) is 0 Å². The lowest BCUT2D eigenvalue weighted by Crippen LogP contribution is -2.39. The van der Waals surface area contributed by atoms with Crippen molar-refractivity contribution in [3.8, 4) is 11.3 Å². The van der Waals surface area contributed by atoms with Gasteiger partial charge in [-0.1, -0.05) is 17.3 Å². The largest absolute Gasteiger partial charge is 0.354 e. The monoisotopic (exact) mass is 396 g/mol. The van der Waals surface area contributed by atoms with E-state index in [1.165, 1.54) is 15.3 Å². The molecule has 0 aliphatic carbocycles. The molecule has 0 spiro atoms. The molecule has 2 amide bonds. The molecule has 0 unspecified atom stereocenters. The second kappa shape index (κ2) is 7.65. The SMILES string of the molecule is Cc1c(NC(=O)N2CCCN(S(C)(=O)=O)CC2)noc1-c1ccccc1F. The van der Waals surface area contributed by atoms with E-state index in [1.807, 2.05) is 0 Å². The van der Waals surface area contributed by atoms with Gasteiger partial charge in [0.05, 0.1) is 11.8 Å². The van der Waals surface area contributed by atoms with Gasteiger partial charge in [0.2, 0.25) is 10.0 Å². The number of aromatic nitrogens is 1. The maximum absolute atomic E-state index is 14.0. The average Bonchev–Trinajstić information content (AvgIpc) is 2.83. The maximum atomic E-state index is 14.0. The molecule has 2 aromatic rings. The van der Waals surface area contributed by atoms with Crippen LogP contribution >= 0.6 is 0 Å². The topological polar surface area (TPSA) is 95.8 Å². The van der Waals surface area contributed by atoms with E-state index in [1.54, 1.807) is 25.1 Å². The fourth-order valence-corrected chi connectivity index (χ4v) is 3.83. The van der Waals surface area contributed by atoms with Crippen molar-refractivity contribution in [2.24, 2.45) is 0 Å². The molecule has 1 N–H and O–H groups in total. The van der Waals surface area contributed by atoms with Gasteiger partial charge in [-0.3, -0.25) is 5.32 Å². The summed E-state index contributed by atoms with van der Waals surface area (Å²) in [4.78, 5) is 14.1. The third kappa shape index (κ3) is 4.28. The van der Waals surface area contributed by atoms with E-state index in [0.717, 1.165) is 6.26 Å². The quantitative estimate of drug-likeness (QED) is 0.859. The first-order chi connectivity index (χ1) is 12.8. The highest BCUT2D eigenvalue weighted by Gasteiger charge is 2.25. The zero-order valence-corrected chi connectivity index (χ0v) is 15.9. The Balaban J connectivity index is 1.71. The summed E-state index contributed by atoms with van der Waals surface area (Å²) in [6, 6.07) is 5.75. The fraction of sp³-hybridized carbons (Fsp3) is 0.412. The van der Waals surface area contributed by atoms with Crippen molar-refractivity contribution in [3.05, 3.63) is 35.6 Å². The summed E-state index contributed by atoms with van der Waals surface area (Å²) in [7, 11) is -3.28. The molecular formula is C17H21FN4O4S. The fourth-order valence-electron chi connectivity index (χ4n) is 2.96. The number of carbonyl (C=O) groups excluding carboxylic acids is 1. The number of sulfonamides is 1. The van der Waals surface area contributed by atoms with Crippen LogP contribution in [0.15, 0.2) is 28.8 Å². The van der Waals surface area contributed by atoms with Gasteiger partial charge in [-0.05, 0) is 25.5 Å². The summed E-state index contributed by atoms with van der Waals surface area (Å²) in [6.07, 6.45) is 1.70. The normalized spacial score (nSPS) is 16.2. The molecule has 1 aliphatic rings. The Bertz CT molecular complexity index is 944. The molecule has 2 heterocycles. The Kier molecular flexibility index (Phi) is 5.47. The Labute approximate surface area is 157 Å². The van der Waals surface area contributed by atoms with Crippen LogP contribution in [0.1, 0.15) is 12.0 Å². The first-order valence-corrected chi connectivity index (χ1v) is 10.3. The molecule has 10 heteroatoms. The van der Waals surface area contributed by atoms with Crippen LogP contribution in [0.5, 0.6) is 0 Å². The summed E-state index contributed by atoms with van der Waals surface area (Å²) >= 11 is 0. The Hall–Kier alpha value is -2.46. The minimum absolute atomic E-state index is 0.211. The molecule has 1 saturated heterocycles. The third-order valence-electron chi connectivity index (χ3n) is 4.48. The van der Waals surface area contributed by atoms with Crippen LogP contribution in [0, 0.1) is 12.7 Å². The van der Waals surface area contributed by atoms with Gasteiger partial charge >= 0.3 is 6.03 Å². The molecule has 27 heavy (non-hydrogen) atoms. The number of rotatable bonds is 3. The maximum Gasteiger partial charge on any atom is 0.323 e. The first kappa shape index (κ1) is 19.3. The molecule has 0 radical (unpaired) electrons. The van der Waals surface area contributed by atoms with E-state index < -0.39 is 21.9 Å². The van der Waals surface area contributed by atoms with Crippen molar-refractivity contribution in [3.63, 3.8) is 0 Å². The van der Waals surface area contributed by atoms with E-state index in [-0.39, 0.29) is 30.2 Å². The van der Waals surface area contributed by atoms with Crippen LogP contribution in [0.2, 0.25) is 0 Å². The van der Waals surface area contributed by atoms with E-state index >= 15 is 0 Å². The Morgan fingerprint density at radius 1 is 1.22 bits per heavy atom. The van der Waals surface area contributed by atoms with Gasteiger partial charge in [0.15, 0.2) is 11.6 Å². The summed E-state index contributed by atoms with van der Waals surface area (Å²) in [5, 5.41) is 6.50. The Morgan fingerprint density at radius 2 is 1.96 bits per heavy atom. The van der Waals surface area contributed by atoms with Crippen molar-refractivity contribution < 1.29 is 22.1 Å². The molecule has 146 valence electrons. The van der Waals surface area contributed by atoms with Gasteiger partial charge in [0.1, 0.15) is 5.82 Å². The van der Waals surface area contributed by atoms with Gasteiger partial charge in [0.25, 0.3) is 0 Å². The average molecular weight is 396 g/mol. The molecule has 1 aliphatic heterocycles. The number of benzene rings is 1. The van der Waals surface area contributed by atoms with E-state index in [2.05, 4.69) is 10.5 Å². The van der Waals surface area contributed by atoms with E-state index in [0.29, 0.717) is 25.1 Å². The molecule has 0 saturated carbocycles. The lowest BCUT2D eigenvalue weighted by molar-refractivity contribution is 0.214. The number of amides is 2. The molecule has 3 rings (SSSR count). The molecule has 0 atom stereocenters. The van der Waals surface area contributed by atoms with Gasteiger partial charge in [-0.25, -0.2) is 21.9 Å².